The van der Waals surface area contributed by atoms with Crippen LogP contribution in [0.5, 0.6) is 0 Å². The second-order valence-electron chi connectivity index (χ2n) is 6.37. The summed E-state index contributed by atoms with van der Waals surface area (Å²) in [5.74, 6) is -0.631. The SMILES string of the molecule is COC(=O)C1=COC(OC(=O)NCCCN(C)C)C2C(C)=CCC12. The standard InChI is InChI=1S/C17H26N2O5/c1-11-6-7-12-13(15(20)22-4)10-23-16(14(11)12)24-17(21)18-8-5-9-19(2)3/h6,10,12,14,16H,5,7-9H2,1-4H3,(H,18,21). The van der Waals surface area contributed by atoms with E-state index in [0.717, 1.165) is 18.5 Å². The molecule has 1 amide bonds. The van der Waals surface area contributed by atoms with E-state index < -0.39 is 18.4 Å². The van der Waals surface area contributed by atoms with Crippen LogP contribution in [0.25, 0.3) is 0 Å². The van der Waals surface area contributed by atoms with E-state index in [1.165, 1.54) is 13.4 Å². The number of nitrogens with one attached hydrogen (secondary N) is 1. The highest BCUT2D eigenvalue weighted by Crippen LogP contribution is 2.43. The predicted octanol–water partition coefficient (Wildman–Crippen LogP) is 1.66. The van der Waals surface area contributed by atoms with Crippen molar-refractivity contribution in [2.45, 2.75) is 26.1 Å². The number of methoxy groups -OCH3 is 1. The number of esters is 1. The first-order valence-corrected chi connectivity index (χ1v) is 8.13. The number of amides is 1. The van der Waals surface area contributed by atoms with E-state index in [0.29, 0.717) is 18.5 Å². The Morgan fingerprint density at radius 1 is 1.42 bits per heavy atom. The first-order chi connectivity index (χ1) is 11.4. The summed E-state index contributed by atoms with van der Waals surface area (Å²) in [4.78, 5) is 25.9. The van der Waals surface area contributed by atoms with Crippen molar-refractivity contribution < 1.29 is 23.8 Å². The highest BCUT2D eigenvalue weighted by atomic mass is 16.7. The molecule has 1 aliphatic carbocycles. The average Bonchev–Trinajstić information content (AvgIpc) is 2.93. The van der Waals surface area contributed by atoms with Crippen molar-refractivity contribution in [2.24, 2.45) is 11.8 Å². The molecule has 1 N–H and O–H groups in total. The highest BCUT2D eigenvalue weighted by molar-refractivity contribution is 5.89. The minimum atomic E-state index is -0.726. The van der Waals surface area contributed by atoms with Gasteiger partial charge in [0.2, 0.25) is 0 Å². The summed E-state index contributed by atoms with van der Waals surface area (Å²) in [7, 11) is 5.31. The Hall–Kier alpha value is -2.02. The number of ether oxygens (including phenoxy) is 3. The van der Waals surface area contributed by atoms with Gasteiger partial charge in [0.05, 0.1) is 24.9 Å². The minimum absolute atomic E-state index is 0.0715. The van der Waals surface area contributed by atoms with Crippen LogP contribution in [0.2, 0.25) is 0 Å². The Labute approximate surface area is 142 Å². The van der Waals surface area contributed by atoms with E-state index in [-0.39, 0.29) is 11.8 Å². The Morgan fingerprint density at radius 2 is 2.17 bits per heavy atom. The molecule has 24 heavy (non-hydrogen) atoms. The van der Waals surface area contributed by atoms with Gasteiger partial charge >= 0.3 is 12.1 Å². The molecule has 7 nitrogen and oxygen atoms in total. The Bertz CT molecular complexity index is 541. The third-order valence-electron chi connectivity index (χ3n) is 4.37. The molecule has 2 rings (SSSR count). The lowest BCUT2D eigenvalue weighted by Gasteiger charge is -2.33. The van der Waals surface area contributed by atoms with Gasteiger partial charge in [-0.15, -0.1) is 0 Å². The summed E-state index contributed by atoms with van der Waals surface area (Å²) in [5.41, 5.74) is 1.54. The molecule has 0 aromatic heterocycles. The van der Waals surface area contributed by atoms with Crippen LogP contribution in [0.15, 0.2) is 23.5 Å². The lowest BCUT2D eigenvalue weighted by molar-refractivity contribution is -0.141. The van der Waals surface area contributed by atoms with Crippen LogP contribution in [0.4, 0.5) is 4.79 Å². The van der Waals surface area contributed by atoms with Gasteiger partial charge in [0.1, 0.15) is 0 Å². The van der Waals surface area contributed by atoms with Gasteiger partial charge in [0.15, 0.2) is 0 Å². The van der Waals surface area contributed by atoms with Crippen molar-refractivity contribution in [3.05, 3.63) is 23.5 Å². The smallest absolute Gasteiger partial charge is 0.410 e. The number of carbonyl (C=O) groups excluding carboxylic acids is 2. The molecule has 0 fully saturated rings. The van der Waals surface area contributed by atoms with Crippen molar-refractivity contribution in [1.82, 2.24) is 10.2 Å². The fourth-order valence-electron chi connectivity index (χ4n) is 3.10. The number of rotatable bonds is 6. The molecular weight excluding hydrogens is 312 g/mol. The highest BCUT2D eigenvalue weighted by Gasteiger charge is 2.44. The van der Waals surface area contributed by atoms with Crippen LogP contribution in [0.1, 0.15) is 19.8 Å². The molecule has 1 aliphatic heterocycles. The maximum absolute atomic E-state index is 12.0. The van der Waals surface area contributed by atoms with Gasteiger partial charge < -0.3 is 24.4 Å². The van der Waals surface area contributed by atoms with Crippen LogP contribution in [-0.2, 0) is 19.0 Å². The van der Waals surface area contributed by atoms with E-state index in [4.69, 9.17) is 14.2 Å². The minimum Gasteiger partial charge on any atom is -0.466 e. The van der Waals surface area contributed by atoms with Crippen LogP contribution in [0, 0.1) is 11.8 Å². The van der Waals surface area contributed by atoms with Crippen LogP contribution in [-0.4, -0.2) is 57.5 Å². The van der Waals surface area contributed by atoms with Crippen molar-refractivity contribution in [3.63, 3.8) is 0 Å². The molecule has 134 valence electrons. The second kappa shape index (κ2) is 8.19. The van der Waals surface area contributed by atoms with Gasteiger partial charge in [-0.05, 0) is 40.4 Å². The van der Waals surface area contributed by atoms with E-state index in [2.05, 4.69) is 5.32 Å². The molecule has 0 saturated heterocycles. The van der Waals surface area contributed by atoms with Crippen molar-refractivity contribution in [2.75, 3.05) is 34.3 Å². The summed E-state index contributed by atoms with van der Waals surface area (Å²) < 4.78 is 15.7. The number of hydrogen-bond acceptors (Lipinski definition) is 6. The molecule has 3 unspecified atom stereocenters. The molecule has 2 aliphatic rings. The molecule has 0 aromatic rings. The monoisotopic (exact) mass is 338 g/mol. The first kappa shape index (κ1) is 18.3. The zero-order chi connectivity index (χ0) is 17.7. The van der Waals surface area contributed by atoms with Crippen molar-refractivity contribution in [3.8, 4) is 0 Å². The number of carbonyl (C=O) groups is 2. The molecule has 0 bridgehead atoms. The van der Waals surface area contributed by atoms with Gasteiger partial charge in [0.25, 0.3) is 6.29 Å². The zero-order valence-corrected chi connectivity index (χ0v) is 14.7. The van der Waals surface area contributed by atoms with Gasteiger partial charge in [-0.25, -0.2) is 9.59 Å². The normalized spacial score (nSPS) is 25.3. The average molecular weight is 338 g/mol. The largest absolute Gasteiger partial charge is 0.466 e. The quantitative estimate of drug-likeness (QED) is 0.451. The molecule has 7 heteroatoms. The Balaban J connectivity index is 1.93. The first-order valence-electron chi connectivity index (χ1n) is 8.13. The van der Waals surface area contributed by atoms with Crippen molar-refractivity contribution >= 4 is 12.1 Å². The maximum atomic E-state index is 12.0. The van der Waals surface area contributed by atoms with Crippen molar-refractivity contribution in [1.29, 1.82) is 0 Å². The third kappa shape index (κ3) is 4.29. The van der Waals surface area contributed by atoms with Gasteiger partial charge in [0, 0.05) is 12.5 Å². The lowest BCUT2D eigenvalue weighted by atomic mass is 9.84. The maximum Gasteiger partial charge on any atom is 0.410 e. The Kier molecular flexibility index (Phi) is 6.25. The molecular formula is C17H26N2O5. The number of allylic oxidation sites excluding steroid dienone is 1. The predicted molar refractivity (Wildman–Crippen MR) is 88.0 cm³/mol. The topological polar surface area (TPSA) is 77.1 Å². The molecule has 0 saturated carbocycles. The van der Waals surface area contributed by atoms with E-state index >= 15 is 0 Å². The van der Waals surface area contributed by atoms with E-state index in [1.54, 1.807) is 0 Å². The summed E-state index contributed by atoms with van der Waals surface area (Å²) in [6.07, 6.45) is 3.73. The Morgan fingerprint density at radius 3 is 2.83 bits per heavy atom. The van der Waals surface area contributed by atoms with Gasteiger partial charge in [-0.3, -0.25) is 0 Å². The molecule has 1 heterocycles. The number of nitrogens with zero attached hydrogens (tertiary/aromatic N) is 1. The zero-order valence-electron chi connectivity index (χ0n) is 14.7. The van der Waals surface area contributed by atoms with E-state index in [9.17, 15) is 9.59 Å². The fourth-order valence-corrected chi connectivity index (χ4v) is 3.10. The molecule has 0 radical (unpaired) electrons. The summed E-state index contributed by atoms with van der Waals surface area (Å²) in [6.45, 7) is 3.38. The number of hydrogen-bond donors (Lipinski definition) is 1. The van der Waals surface area contributed by atoms with Gasteiger partial charge in [-0.1, -0.05) is 11.6 Å². The van der Waals surface area contributed by atoms with Crippen LogP contribution in [0.3, 0.4) is 0 Å². The lowest BCUT2D eigenvalue weighted by Crippen LogP contribution is -2.40. The van der Waals surface area contributed by atoms with Crippen LogP contribution >= 0.6 is 0 Å². The molecule has 0 spiro atoms. The van der Waals surface area contributed by atoms with Gasteiger partial charge in [-0.2, -0.15) is 0 Å². The second-order valence-corrected chi connectivity index (χ2v) is 6.37. The summed E-state index contributed by atoms with van der Waals surface area (Å²) in [5, 5.41) is 2.73. The summed E-state index contributed by atoms with van der Waals surface area (Å²) >= 11 is 0. The molecule has 0 aromatic carbocycles. The summed E-state index contributed by atoms with van der Waals surface area (Å²) in [6, 6.07) is 0. The number of alkyl carbamates (subject to hydrolysis) is 1. The number of fused-ring (bicyclic) bond motifs is 1. The molecule has 3 atom stereocenters. The third-order valence-corrected chi connectivity index (χ3v) is 4.37. The van der Waals surface area contributed by atoms with Crippen LogP contribution < -0.4 is 5.32 Å². The fraction of sp³-hybridized carbons (Fsp3) is 0.647. The van der Waals surface area contributed by atoms with E-state index in [1.807, 2.05) is 32.0 Å².